The van der Waals surface area contributed by atoms with E-state index >= 15 is 0 Å². The van der Waals surface area contributed by atoms with Crippen LogP contribution in [0.3, 0.4) is 0 Å². The van der Waals surface area contributed by atoms with Crippen molar-refractivity contribution in [2.24, 2.45) is 0 Å². The minimum atomic E-state index is -1.11. The normalized spacial score (nSPS) is 12.3. The Morgan fingerprint density at radius 2 is 2.25 bits per heavy atom. The van der Waals surface area contributed by atoms with Crippen molar-refractivity contribution >= 4 is 23.7 Å². The maximum absolute atomic E-state index is 11.1. The van der Waals surface area contributed by atoms with Gasteiger partial charge in [0.15, 0.2) is 6.10 Å². The Balaban J connectivity index is 4.12. The highest BCUT2D eigenvalue weighted by Crippen LogP contribution is 2.07. The summed E-state index contributed by atoms with van der Waals surface area (Å²) in [5.41, 5.74) is 0. The fourth-order valence-electron chi connectivity index (χ4n) is 0.894. The number of carbonyl (C=O) groups excluding carboxylic acids is 1. The predicted octanol–water partition coefficient (Wildman–Crippen LogP) is 1.87. The molecule has 5 heteroatoms. The summed E-state index contributed by atoms with van der Waals surface area (Å²) in [5.74, 6) is -0.200. The van der Waals surface area contributed by atoms with Crippen molar-refractivity contribution in [1.29, 1.82) is 0 Å². The Bertz CT molecular complexity index is 273. The Kier molecular flexibility index (Phi) is 8.34. The predicted molar refractivity (Wildman–Crippen MR) is 64.5 cm³/mol. The minimum absolute atomic E-state index is 0.321. The Hall–Kier alpha value is -1.23. The fourth-order valence-corrected chi connectivity index (χ4v) is 1.56. The molecule has 0 aromatic heterocycles. The number of carbonyl (C=O) groups is 2. The molecule has 90 valence electrons. The molecule has 0 bridgehead atoms. The molecule has 0 saturated heterocycles. The van der Waals surface area contributed by atoms with E-state index in [1.807, 2.05) is 6.92 Å². The number of ether oxygens (including phenoxy) is 1. The van der Waals surface area contributed by atoms with Crippen LogP contribution < -0.4 is 0 Å². The summed E-state index contributed by atoms with van der Waals surface area (Å²) in [6.45, 7) is 5.38. The third kappa shape index (κ3) is 7.11. The van der Waals surface area contributed by atoms with Gasteiger partial charge >= 0.3 is 11.9 Å². The van der Waals surface area contributed by atoms with E-state index in [0.717, 1.165) is 11.8 Å². The summed E-state index contributed by atoms with van der Waals surface area (Å²) in [7, 11) is 0. The highest BCUT2D eigenvalue weighted by Gasteiger charge is 2.20. The monoisotopic (exact) mass is 244 g/mol. The second-order valence-electron chi connectivity index (χ2n) is 2.84. The lowest BCUT2D eigenvalue weighted by atomic mass is 10.3. The summed E-state index contributed by atoms with van der Waals surface area (Å²) in [5, 5.41) is 8.82. The lowest BCUT2D eigenvalue weighted by molar-refractivity contribution is -0.160. The molecule has 0 heterocycles. The van der Waals surface area contributed by atoms with E-state index in [1.54, 1.807) is 11.8 Å². The molecule has 0 spiro atoms. The van der Waals surface area contributed by atoms with Crippen LogP contribution in [0.2, 0.25) is 0 Å². The van der Waals surface area contributed by atoms with E-state index in [1.165, 1.54) is 12.2 Å². The SMILES string of the molecule is C=C/C=C/C(=O)OC(CCSCC)C(=O)O. The number of allylic oxidation sites excluding steroid dienone is 2. The quantitative estimate of drug-likeness (QED) is 0.305. The van der Waals surface area contributed by atoms with Crippen LogP contribution >= 0.6 is 11.8 Å². The van der Waals surface area contributed by atoms with Crippen molar-refractivity contribution in [2.45, 2.75) is 19.4 Å². The number of hydrogen-bond acceptors (Lipinski definition) is 4. The molecule has 0 aliphatic carbocycles. The average Bonchev–Trinajstić information content (AvgIpc) is 2.25. The van der Waals surface area contributed by atoms with Crippen LogP contribution in [0.1, 0.15) is 13.3 Å². The number of carboxylic acid groups (broad SMARTS) is 1. The van der Waals surface area contributed by atoms with Gasteiger partial charge < -0.3 is 9.84 Å². The standard InChI is InChI=1S/C11H16O4S/c1-3-5-6-10(12)15-9(11(13)14)7-8-16-4-2/h3,5-6,9H,1,4,7-8H2,2H3,(H,13,14)/b6-5+. The molecule has 0 rings (SSSR count). The lowest BCUT2D eigenvalue weighted by Gasteiger charge is -2.11. The van der Waals surface area contributed by atoms with Crippen molar-refractivity contribution in [3.63, 3.8) is 0 Å². The number of esters is 1. The van der Waals surface area contributed by atoms with Gasteiger partial charge in [0.1, 0.15) is 0 Å². The molecule has 0 aliphatic heterocycles. The number of thioether (sulfide) groups is 1. The molecule has 0 aliphatic rings. The fraction of sp³-hybridized carbons (Fsp3) is 0.455. The molecule has 0 radical (unpaired) electrons. The van der Waals surface area contributed by atoms with Gasteiger partial charge in [0.25, 0.3) is 0 Å². The van der Waals surface area contributed by atoms with Gasteiger partial charge in [0, 0.05) is 12.5 Å². The van der Waals surface area contributed by atoms with Crippen LogP contribution in [-0.2, 0) is 14.3 Å². The smallest absolute Gasteiger partial charge is 0.345 e. The van der Waals surface area contributed by atoms with E-state index in [4.69, 9.17) is 9.84 Å². The second-order valence-corrected chi connectivity index (χ2v) is 4.24. The highest BCUT2D eigenvalue weighted by atomic mass is 32.2. The third-order valence-electron chi connectivity index (χ3n) is 1.63. The maximum atomic E-state index is 11.1. The van der Waals surface area contributed by atoms with Crippen LogP contribution in [0.4, 0.5) is 0 Å². The number of rotatable bonds is 8. The third-order valence-corrected chi connectivity index (χ3v) is 2.56. The first-order valence-electron chi connectivity index (χ1n) is 4.92. The first-order valence-corrected chi connectivity index (χ1v) is 6.07. The largest absolute Gasteiger partial charge is 0.479 e. The Morgan fingerprint density at radius 3 is 2.75 bits per heavy atom. The molecular formula is C11H16O4S. The molecule has 0 aromatic carbocycles. The van der Waals surface area contributed by atoms with Gasteiger partial charge in [0.2, 0.25) is 0 Å². The molecule has 0 amide bonds. The zero-order valence-electron chi connectivity index (χ0n) is 9.22. The van der Waals surface area contributed by atoms with Crippen LogP contribution in [0, 0.1) is 0 Å². The van der Waals surface area contributed by atoms with Gasteiger partial charge in [-0.2, -0.15) is 11.8 Å². The molecular weight excluding hydrogens is 228 g/mol. The zero-order chi connectivity index (χ0) is 12.4. The van der Waals surface area contributed by atoms with Crippen LogP contribution in [0.25, 0.3) is 0 Å². The van der Waals surface area contributed by atoms with Gasteiger partial charge in [-0.3, -0.25) is 0 Å². The van der Waals surface area contributed by atoms with Gasteiger partial charge in [-0.15, -0.1) is 0 Å². The summed E-state index contributed by atoms with van der Waals surface area (Å²) >= 11 is 1.61. The van der Waals surface area contributed by atoms with Crippen molar-refractivity contribution < 1.29 is 19.4 Å². The van der Waals surface area contributed by atoms with Crippen LogP contribution in [0.5, 0.6) is 0 Å². The minimum Gasteiger partial charge on any atom is -0.479 e. The van der Waals surface area contributed by atoms with Gasteiger partial charge in [-0.1, -0.05) is 25.7 Å². The first-order chi connectivity index (χ1) is 7.61. The van der Waals surface area contributed by atoms with Crippen molar-refractivity contribution in [2.75, 3.05) is 11.5 Å². The summed E-state index contributed by atoms with van der Waals surface area (Å²) in [4.78, 5) is 21.9. The van der Waals surface area contributed by atoms with Crippen molar-refractivity contribution in [3.8, 4) is 0 Å². The van der Waals surface area contributed by atoms with E-state index in [-0.39, 0.29) is 0 Å². The molecule has 1 unspecified atom stereocenters. The lowest BCUT2D eigenvalue weighted by Crippen LogP contribution is -2.27. The summed E-state index contributed by atoms with van der Waals surface area (Å²) in [6, 6.07) is 0. The van der Waals surface area contributed by atoms with Crippen LogP contribution in [0.15, 0.2) is 24.8 Å². The van der Waals surface area contributed by atoms with Gasteiger partial charge in [0.05, 0.1) is 0 Å². The van der Waals surface area contributed by atoms with Gasteiger partial charge in [-0.25, -0.2) is 9.59 Å². The molecule has 4 nitrogen and oxygen atoms in total. The molecule has 1 atom stereocenters. The van der Waals surface area contributed by atoms with Crippen molar-refractivity contribution in [3.05, 3.63) is 24.8 Å². The maximum Gasteiger partial charge on any atom is 0.345 e. The zero-order valence-corrected chi connectivity index (χ0v) is 10.0. The summed E-state index contributed by atoms with van der Waals surface area (Å²) < 4.78 is 4.77. The molecule has 0 saturated carbocycles. The van der Waals surface area contributed by atoms with E-state index in [0.29, 0.717) is 12.2 Å². The second kappa shape index (κ2) is 9.03. The molecule has 0 aromatic rings. The molecule has 0 fully saturated rings. The molecule has 16 heavy (non-hydrogen) atoms. The first kappa shape index (κ1) is 14.8. The Labute approximate surface area is 99.4 Å². The number of carboxylic acids is 1. The Morgan fingerprint density at radius 1 is 1.56 bits per heavy atom. The van der Waals surface area contributed by atoms with Crippen LogP contribution in [-0.4, -0.2) is 34.7 Å². The number of aliphatic carboxylic acids is 1. The number of hydrogen-bond donors (Lipinski definition) is 1. The van der Waals surface area contributed by atoms with E-state index in [9.17, 15) is 9.59 Å². The average molecular weight is 244 g/mol. The van der Waals surface area contributed by atoms with Gasteiger partial charge in [-0.05, 0) is 11.5 Å². The van der Waals surface area contributed by atoms with E-state index < -0.39 is 18.0 Å². The molecule has 1 N–H and O–H groups in total. The van der Waals surface area contributed by atoms with Crippen molar-refractivity contribution in [1.82, 2.24) is 0 Å². The van der Waals surface area contributed by atoms with E-state index in [2.05, 4.69) is 6.58 Å². The summed E-state index contributed by atoms with van der Waals surface area (Å²) in [6.07, 6.45) is 3.23. The topological polar surface area (TPSA) is 63.6 Å². The highest BCUT2D eigenvalue weighted by molar-refractivity contribution is 7.99.